The number of ether oxygens (including phenoxy) is 1. The highest BCUT2D eigenvalue weighted by atomic mass is 16.5. The van der Waals surface area contributed by atoms with E-state index in [-0.39, 0.29) is 6.04 Å². The largest absolute Gasteiger partial charge is 0.487 e. The standard InChI is InChI=1S/C17H25N3O/c1-5-15-10-16(20(6-2)19-15)11-21-17-8-7-14(13(4)18)9-12(17)3/h7-10,13H,5-6,11,18H2,1-4H3/t13-/m0/s1. The zero-order valence-corrected chi connectivity index (χ0v) is 13.4. The molecule has 0 saturated carbocycles. The molecular weight excluding hydrogens is 262 g/mol. The fraction of sp³-hybridized carbons (Fsp3) is 0.471. The second kappa shape index (κ2) is 6.76. The Morgan fingerprint density at radius 1 is 1.29 bits per heavy atom. The van der Waals surface area contributed by atoms with Gasteiger partial charge in [0.05, 0.1) is 11.4 Å². The topological polar surface area (TPSA) is 53.1 Å². The normalized spacial score (nSPS) is 12.4. The van der Waals surface area contributed by atoms with E-state index in [1.165, 1.54) is 0 Å². The Morgan fingerprint density at radius 2 is 2.05 bits per heavy atom. The molecule has 0 amide bonds. The average Bonchev–Trinajstić information content (AvgIpc) is 2.88. The molecule has 1 aromatic carbocycles. The molecular formula is C17H25N3O. The summed E-state index contributed by atoms with van der Waals surface area (Å²) >= 11 is 0. The molecule has 0 aliphatic rings. The first-order chi connectivity index (χ1) is 10.0. The molecule has 0 saturated heterocycles. The highest BCUT2D eigenvalue weighted by Crippen LogP contribution is 2.23. The van der Waals surface area contributed by atoms with Gasteiger partial charge in [-0.05, 0) is 50.5 Å². The summed E-state index contributed by atoms with van der Waals surface area (Å²) in [6.07, 6.45) is 0.947. The van der Waals surface area contributed by atoms with E-state index in [1.54, 1.807) is 0 Å². The van der Waals surface area contributed by atoms with Crippen LogP contribution in [0.3, 0.4) is 0 Å². The Kier molecular flexibility index (Phi) is 5.02. The van der Waals surface area contributed by atoms with E-state index >= 15 is 0 Å². The van der Waals surface area contributed by atoms with Crippen LogP contribution in [0.15, 0.2) is 24.3 Å². The first kappa shape index (κ1) is 15.6. The Balaban J connectivity index is 2.11. The number of hydrogen-bond acceptors (Lipinski definition) is 3. The monoisotopic (exact) mass is 287 g/mol. The lowest BCUT2D eigenvalue weighted by molar-refractivity contribution is 0.290. The molecule has 1 heterocycles. The van der Waals surface area contributed by atoms with Crippen LogP contribution in [0.5, 0.6) is 5.75 Å². The fourth-order valence-corrected chi connectivity index (χ4v) is 2.35. The van der Waals surface area contributed by atoms with Crippen molar-refractivity contribution in [3.05, 3.63) is 46.8 Å². The van der Waals surface area contributed by atoms with Gasteiger partial charge in [-0.3, -0.25) is 4.68 Å². The van der Waals surface area contributed by atoms with Gasteiger partial charge in [0.2, 0.25) is 0 Å². The zero-order chi connectivity index (χ0) is 15.4. The van der Waals surface area contributed by atoms with Crippen LogP contribution in [0.1, 0.15) is 49.3 Å². The molecule has 0 spiro atoms. The minimum absolute atomic E-state index is 0.0476. The zero-order valence-electron chi connectivity index (χ0n) is 13.4. The first-order valence-electron chi connectivity index (χ1n) is 7.59. The van der Waals surface area contributed by atoms with Gasteiger partial charge in [0.25, 0.3) is 0 Å². The van der Waals surface area contributed by atoms with Gasteiger partial charge < -0.3 is 10.5 Å². The molecule has 0 aliphatic carbocycles. The van der Waals surface area contributed by atoms with Gasteiger partial charge in [0.15, 0.2) is 0 Å². The summed E-state index contributed by atoms with van der Waals surface area (Å²) in [5, 5.41) is 4.54. The van der Waals surface area contributed by atoms with Crippen LogP contribution in [0.2, 0.25) is 0 Å². The predicted molar refractivity (Wildman–Crippen MR) is 85.4 cm³/mol. The summed E-state index contributed by atoms with van der Waals surface area (Å²) in [4.78, 5) is 0. The number of nitrogens with two attached hydrogens (primary N) is 1. The smallest absolute Gasteiger partial charge is 0.130 e. The molecule has 2 N–H and O–H groups in total. The van der Waals surface area contributed by atoms with Crippen LogP contribution >= 0.6 is 0 Å². The van der Waals surface area contributed by atoms with Crippen molar-refractivity contribution >= 4 is 0 Å². The number of nitrogens with zero attached hydrogens (tertiary/aromatic N) is 2. The van der Waals surface area contributed by atoms with Crippen molar-refractivity contribution in [2.24, 2.45) is 5.73 Å². The van der Waals surface area contributed by atoms with Crippen molar-refractivity contribution in [2.75, 3.05) is 0 Å². The summed E-state index contributed by atoms with van der Waals surface area (Å²) < 4.78 is 7.96. The van der Waals surface area contributed by atoms with Crippen LogP contribution < -0.4 is 10.5 Å². The van der Waals surface area contributed by atoms with Crippen molar-refractivity contribution in [1.29, 1.82) is 0 Å². The first-order valence-corrected chi connectivity index (χ1v) is 7.59. The summed E-state index contributed by atoms with van der Waals surface area (Å²) in [6.45, 7) is 9.65. The quantitative estimate of drug-likeness (QED) is 0.886. The van der Waals surface area contributed by atoms with Gasteiger partial charge >= 0.3 is 0 Å². The van der Waals surface area contributed by atoms with E-state index < -0.39 is 0 Å². The lowest BCUT2D eigenvalue weighted by Crippen LogP contribution is -2.08. The van der Waals surface area contributed by atoms with Gasteiger partial charge in [0.1, 0.15) is 12.4 Å². The maximum Gasteiger partial charge on any atom is 0.130 e. The molecule has 0 radical (unpaired) electrons. The number of rotatable bonds is 6. The van der Waals surface area contributed by atoms with Crippen molar-refractivity contribution in [3.63, 3.8) is 0 Å². The summed E-state index contributed by atoms with van der Waals surface area (Å²) in [7, 11) is 0. The molecule has 4 heteroatoms. The molecule has 0 fully saturated rings. The number of hydrogen-bond donors (Lipinski definition) is 1. The van der Waals surface area contributed by atoms with Crippen LogP contribution in [-0.4, -0.2) is 9.78 Å². The van der Waals surface area contributed by atoms with Crippen LogP contribution in [-0.2, 0) is 19.6 Å². The van der Waals surface area contributed by atoms with E-state index in [0.717, 1.165) is 41.2 Å². The SMILES string of the molecule is CCc1cc(COc2ccc([C@H](C)N)cc2C)n(CC)n1. The Bertz CT molecular complexity index is 602. The van der Waals surface area contributed by atoms with Crippen LogP contribution in [0.4, 0.5) is 0 Å². The molecule has 2 aromatic rings. The highest BCUT2D eigenvalue weighted by molar-refractivity contribution is 5.37. The molecule has 4 nitrogen and oxygen atoms in total. The minimum Gasteiger partial charge on any atom is -0.487 e. The molecule has 1 aromatic heterocycles. The molecule has 0 bridgehead atoms. The van der Waals surface area contributed by atoms with Crippen LogP contribution in [0.25, 0.3) is 0 Å². The second-order valence-electron chi connectivity index (χ2n) is 5.40. The van der Waals surface area contributed by atoms with E-state index in [9.17, 15) is 0 Å². The minimum atomic E-state index is 0.0476. The molecule has 0 aliphatic heterocycles. The Hall–Kier alpha value is -1.81. The number of aryl methyl sites for hydroxylation is 3. The molecule has 1 atom stereocenters. The van der Waals surface area contributed by atoms with Crippen molar-refractivity contribution in [1.82, 2.24) is 9.78 Å². The van der Waals surface area contributed by atoms with Gasteiger partial charge in [0, 0.05) is 12.6 Å². The summed E-state index contributed by atoms with van der Waals surface area (Å²) in [6, 6.07) is 8.29. The van der Waals surface area contributed by atoms with E-state index in [1.807, 2.05) is 23.7 Å². The fourth-order valence-electron chi connectivity index (χ4n) is 2.35. The second-order valence-corrected chi connectivity index (χ2v) is 5.40. The maximum absolute atomic E-state index is 5.96. The predicted octanol–water partition coefficient (Wildman–Crippen LogP) is 3.37. The van der Waals surface area contributed by atoms with Gasteiger partial charge in [-0.15, -0.1) is 0 Å². The molecule has 114 valence electrons. The summed E-state index contributed by atoms with van der Waals surface area (Å²) in [5.74, 6) is 0.904. The lowest BCUT2D eigenvalue weighted by atomic mass is 10.1. The maximum atomic E-state index is 5.96. The molecule has 2 rings (SSSR count). The van der Waals surface area contributed by atoms with Gasteiger partial charge in [-0.25, -0.2) is 0 Å². The van der Waals surface area contributed by atoms with E-state index in [4.69, 9.17) is 10.5 Å². The average molecular weight is 287 g/mol. The third-order valence-corrected chi connectivity index (χ3v) is 3.68. The summed E-state index contributed by atoms with van der Waals surface area (Å²) in [5.41, 5.74) is 10.4. The van der Waals surface area contributed by atoms with Crippen molar-refractivity contribution in [3.8, 4) is 5.75 Å². The van der Waals surface area contributed by atoms with Crippen LogP contribution in [0, 0.1) is 6.92 Å². The Morgan fingerprint density at radius 3 is 2.62 bits per heavy atom. The van der Waals surface area contributed by atoms with Gasteiger partial charge in [-0.2, -0.15) is 5.10 Å². The number of aromatic nitrogens is 2. The third kappa shape index (κ3) is 3.64. The Labute approximate surface area is 126 Å². The molecule has 21 heavy (non-hydrogen) atoms. The van der Waals surface area contributed by atoms with E-state index in [0.29, 0.717) is 6.61 Å². The number of benzene rings is 1. The third-order valence-electron chi connectivity index (χ3n) is 3.68. The lowest BCUT2D eigenvalue weighted by Gasteiger charge is -2.12. The van der Waals surface area contributed by atoms with E-state index in [2.05, 4.69) is 38.0 Å². The highest BCUT2D eigenvalue weighted by Gasteiger charge is 2.08. The van der Waals surface area contributed by atoms with Crippen molar-refractivity contribution < 1.29 is 4.74 Å². The van der Waals surface area contributed by atoms with Crippen molar-refractivity contribution in [2.45, 2.75) is 53.3 Å². The molecule has 0 unspecified atom stereocenters. The van der Waals surface area contributed by atoms with Gasteiger partial charge in [-0.1, -0.05) is 19.1 Å².